The lowest BCUT2D eigenvalue weighted by Crippen LogP contribution is -2.26. The van der Waals surface area contributed by atoms with Crippen LogP contribution in [-0.2, 0) is 6.61 Å². The predicted molar refractivity (Wildman–Crippen MR) is 95.1 cm³/mol. The molecule has 7 heteroatoms. The molecule has 1 atom stereocenters. The van der Waals surface area contributed by atoms with Gasteiger partial charge in [0.05, 0.1) is 17.2 Å². The van der Waals surface area contributed by atoms with Gasteiger partial charge in [0.2, 0.25) is 0 Å². The second-order valence-corrected chi connectivity index (χ2v) is 6.38. The third-order valence-electron chi connectivity index (χ3n) is 3.76. The van der Waals surface area contributed by atoms with E-state index in [1.54, 1.807) is 36.7 Å². The van der Waals surface area contributed by atoms with E-state index in [1.807, 2.05) is 5.38 Å². The van der Waals surface area contributed by atoms with Crippen molar-refractivity contribution in [2.75, 3.05) is 0 Å². The quantitative estimate of drug-likeness (QED) is 0.692. The van der Waals surface area contributed by atoms with Crippen LogP contribution in [0.3, 0.4) is 0 Å². The first-order valence-corrected chi connectivity index (χ1v) is 8.83. The summed E-state index contributed by atoms with van der Waals surface area (Å²) in [5, 5.41) is 4.65. The topological polar surface area (TPSA) is 51.2 Å². The number of halogens is 2. The van der Waals surface area contributed by atoms with Gasteiger partial charge in [-0.3, -0.25) is 4.79 Å². The van der Waals surface area contributed by atoms with Gasteiger partial charge >= 0.3 is 0 Å². The van der Waals surface area contributed by atoms with Crippen molar-refractivity contribution < 1.29 is 18.3 Å². The Morgan fingerprint density at radius 2 is 2.08 bits per heavy atom. The third kappa shape index (κ3) is 4.43. The van der Waals surface area contributed by atoms with Gasteiger partial charge in [0.1, 0.15) is 12.4 Å². The number of hydrogen-bond acceptors (Lipinski definition) is 4. The molecule has 1 unspecified atom stereocenters. The first kappa shape index (κ1) is 18.0. The average Bonchev–Trinajstić information content (AvgIpc) is 3.16. The molecule has 3 rings (SSSR count). The molecule has 0 bridgehead atoms. The van der Waals surface area contributed by atoms with E-state index in [9.17, 15) is 13.6 Å². The van der Waals surface area contributed by atoms with E-state index in [0.29, 0.717) is 23.5 Å². The summed E-state index contributed by atoms with van der Waals surface area (Å²) in [5.41, 5.74) is 3.43. The summed E-state index contributed by atoms with van der Waals surface area (Å²) in [6.07, 6.45) is 0. The van der Waals surface area contributed by atoms with Crippen molar-refractivity contribution in [3.05, 3.63) is 81.8 Å². The van der Waals surface area contributed by atoms with Gasteiger partial charge < -0.3 is 10.1 Å². The first-order valence-electron chi connectivity index (χ1n) is 7.88. The van der Waals surface area contributed by atoms with Crippen LogP contribution in [0.1, 0.15) is 34.6 Å². The Kier molecular flexibility index (Phi) is 5.58. The zero-order valence-electron chi connectivity index (χ0n) is 13.9. The van der Waals surface area contributed by atoms with Crippen LogP contribution in [-0.4, -0.2) is 10.9 Å². The van der Waals surface area contributed by atoms with Gasteiger partial charge in [0, 0.05) is 10.9 Å². The van der Waals surface area contributed by atoms with Crippen molar-refractivity contribution in [1.29, 1.82) is 0 Å². The van der Waals surface area contributed by atoms with E-state index < -0.39 is 17.7 Å². The van der Waals surface area contributed by atoms with Crippen LogP contribution in [0.15, 0.2) is 53.4 Å². The molecule has 1 aromatic heterocycles. The molecule has 2 aromatic carbocycles. The normalized spacial score (nSPS) is 11.8. The summed E-state index contributed by atoms with van der Waals surface area (Å²) in [6.45, 7) is 2.02. The third-order valence-corrected chi connectivity index (χ3v) is 4.39. The van der Waals surface area contributed by atoms with Crippen LogP contribution in [0.5, 0.6) is 5.75 Å². The molecule has 0 radical (unpaired) electrons. The Morgan fingerprint density at radius 3 is 2.81 bits per heavy atom. The molecule has 1 amide bonds. The van der Waals surface area contributed by atoms with Crippen LogP contribution in [0, 0.1) is 11.6 Å². The van der Waals surface area contributed by atoms with Gasteiger partial charge in [-0.15, -0.1) is 11.3 Å². The van der Waals surface area contributed by atoms with E-state index in [2.05, 4.69) is 10.3 Å². The highest BCUT2D eigenvalue weighted by molar-refractivity contribution is 7.07. The molecule has 0 fully saturated rings. The largest absolute Gasteiger partial charge is 0.487 e. The number of nitrogens with one attached hydrogen (secondary N) is 1. The summed E-state index contributed by atoms with van der Waals surface area (Å²) in [7, 11) is 0. The molecule has 4 nitrogen and oxygen atoms in total. The van der Waals surface area contributed by atoms with Crippen molar-refractivity contribution >= 4 is 17.2 Å². The summed E-state index contributed by atoms with van der Waals surface area (Å²) in [5.74, 6) is -1.65. The van der Waals surface area contributed by atoms with Gasteiger partial charge in [-0.2, -0.15) is 0 Å². The number of aromatic nitrogens is 1. The second kappa shape index (κ2) is 8.05. The van der Waals surface area contributed by atoms with Crippen molar-refractivity contribution in [1.82, 2.24) is 10.3 Å². The zero-order chi connectivity index (χ0) is 18.5. The molecule has 0 aliphatic carbocycles. The Morgan fingerprint density at radius 1 is 1.23 bits per heavy atom. The van der Waals surface area contributed by atoms with E-state index in [4.69, 9.17) is 4.74 Å². The van der Waals surface area contributed by atoms with Gasteiger partial charge in [0.25, 0.3) is 5.91 Å². The highest BCUT2D eigenvalue weighted by atomic mass is 32.1. The number of rotatable bonds is 6. The maximum atomic E-state index is 13.3. The van der Waals surface area contributed by atoms with E-state index in [1.165, 1.54) is 17.4 Å². The number of hydrogen-bond donors (Lipinski definition) is 1. The molecule has 0 spiro atoms. The molecule has 1 N–H and O–H groups in total. The fraction of sp³-hybridized carbons (Fsp3) is 0.158. The molecule has 0 saturated carbocycles. The van der Waals surface area contributed by atoms with Gasteiger partial charge in [0.15, 0.2) is 11.6 Å². The highest BCUT2D eigenvalue weighted by Crippen LogP contribution is 2.19. The molecule has 0 saturated heterocycles. The Bertz CT molecular complexity index is 900. The predicted octanol–water partition coefficient (Wildman–Crippen LogP) is 4.49. The van der Waals surface area contributed by atoms with Crippen LogP contribution in [0.2, 0.25) is 0 Å². The van der Waals surface area contributed by atoms with Gasteiger partial charge in [-0.05, 0) is 42.8 Å². The minimum Gasteiger partial charge on any atom is -0.487 e. The Balaban J connectivity index is 1.65. The maximum Gasteiger partial charge on any atom is 0.251 e. The van der Waals surface area contributed by atoms with Gasteiger partial charge in [-0.25, -0.2) is 13.8 Å². The molecule has 1 heterocycles. The number of thiazole rings is 1. The van der Waals surface area contributed by atoms with Crippen LogP contribution >= 0.6 is 11.3 Å². The molecule has 26 heavy (non-hydrogen) atoms. The smallest absolute Gasteiger partial charge is 0.251 e. The average molecular weight is 374 g/mol. The van der Waals surface area contributed by atoms with Crippen LogP contribution in [0.4, 0.5) is 8.78 Å². The monoisotopic (exact) mass is 374 g/mol. The minimum absolute atomic E-state index is 0.319. The van der Waals surface area contributed by atoms with Crippen LogP contribution < -0.4 is 10.1 Å². The Hall–Kier alpha value is -2.80. The Labute approximate surface area is 153 Å². The molecule has 0 aliphatic heterocycles. The number of amides is 1. The van der Waals surface area contributed by atoms with E-state index in [-0.39, 0.29) is 5.91 Å². The maximum absolute atomic E-state index is 13.3. The minimum atomic E-state index is -0.943. The number of carbonyl (C=O) groups excluding carboxylic acids is 1. The first-order chi connectivity index (χ1) is 12.5. The number of ether oxygens (including phenoxy) is 1. The van der Waals surface area contributed by atoms with Crippen molar-refractivity contribution in [2.45, 2.75) is 19.6 Å². The lowest BCUT2D eigenvalue weighted by Gasteiger charge is -2.15. The van der Waals surface area contributed by atoms with E-state index in [0.717, 1.165) is 17.8 Å². The van der Waals surface area contributed by atoms with Gasteiger partial charge in [-0.1, -0.05) is 12.1 Å². The summed E-state index contributed by atoms with van der Waals surface area (Å²) in [6, 6.07) is 9.83. The fourth-order valence-electron chi connectivity index (χ4n) is 2.34. The second-order valence-electron chi connectivity index (χ2n) is 5.66. The lowest BCUT2D eigenvalue weighted by atomic mass is 10.1. The lowest BCUT2D eigenvalue weighted by molar-refractivity contribution is 0.0939. The molecular formula is C19H16F2N2O2S. The molecule has 0 aliphatic rings. The van der Waals surface area contributed by atoms with Crippen molar-refractivity contribution in [2.24, 2.45) is 0 Å². The SMILES string of the molecule is CC(NC(=O)c1cccc(OCc2cscn2)c1)c1ccc(F)c(F)c1. The van der Waals surface area contributed by atoms with Crippen molar-refractivity contribution in [3.8, 4) is 5.75 Å². The summed E-state index contributed by atoms with van der Waals surface area (Å²) >= 11 is 1.48. The fourth-order valence-corrected chi connectivity index (χ4v) is 2.88. The number of carbonyl (C=O) groups is 1. The molecular weight excluding hydrogens is 358 g/mol. The van der Waals surface area contributed by atoms with E-state index >= 15 is 0 Å². The highest BCUT2D eigenvalue weighted by Gasteiger charge is 2.14. The molecule has 3 aromatic rings. The number of benzene rings is 2. The van der Waals surface area contributed by atoms with Crippen LogP contribution in [0.25, 0.3) is 0 Å². The standard InChI is InChI=1S/C19H16F2N2O2S/c1-12(13-5-6-17(20)18(21)8-13)23-19(24)14-3-2-4-16(7-14)25-9-15-10-26-11-22-15/h2-8,10-12H,9H2,1H3,(H,23,24). The van der Waals surface area contributed by atoms with Crippen molar-refractivity contribution in [3.63, 3.8) is 0 Å². The summed E-state index contributed by atoms with van der Waals surface area (Å²) < 4.78 is 32.0. The summed E-state index contributed by atoms with van der Waals surface area (Å²) in [4.78, 5) is 16.6. The molecule has 134 valence electrons. The zero-order valence-corrected chi connectivity index (χ0v) is 14.7. The number of nitrogens with zero attached hydrogens (tertiary/aromatic N) is 1.